The molecule has 1 aromatic heterocycles. The Morgan fingerprint density at radius 2 is 2.00 bits per heavy atom. The minimum atomic E-state index is -2.87. The van der Waals surface area contributed by atoms with Gasteiger partial charge in [-0.15, -0.1) is 12.4 Å². The highest BCUT2D eigenvalue weighted by Crippen LogP contribution is 2.07. The van der Waals surface area contributed by atoms with Crippen LogP contribution in [0, 0.1) is 13.8 Å². The molecule has 0 aromatic carbocycles. The number of hydrogen-bond acceptors (Lipinski definition) is 4. The Bertz CT molecular complexity index is 423. The van der Waals surface area contributed by atoms with Crippen LogP contribution >= 0.6 is 12.4 Å². The Morgan fingerprint density at radius 3 is 2.47 bits per heavy atom. The summed E-state index contributed by atoms with van der Waals surface area (Å²) in [5, 5.41) is 10.1. The van der Waals surface area contributed by atoms with Crippen LogP contribution in [-0.2, 0) is 16.4 Å². The van der Waals surface area contributed by atoms with Gasteiger partial charge in [-0.3, -0.25) is 5.10 Å². The molecule has 0 radical (unpaired) electrons. The lowest BCUT2D eigenvalue weighted by Gasteiger charge is -2.05. The molecule has 0 aliphatic heterocycles. The summed E-state index contributed by atoms with van der Waals surface area (Å²) in [4.78, 5) is 0. The fourth-order valence-electron chi connectivity index (χ4n) is 1.42. The monoisotopic (exact) mass is 281 g/mol. The fourth-order valence-corrected chi connectivity index (χ4v) is 2.16. The molecule has 1 heterocycles. The molecule has 5 nitrogen and oxygen atoms in total. The van der Waals surface area contributed by atoms with E-state index in [4.69, 9.17) is 0 Å². The zero-order valence-electron chi connectivity index (χ0n) is 10.4. The van der Waals surface area contributed by atoms with Gasteiger partial charge in [-0.1, -0.05) is 6.92 Å². The van der Waals surface area contributed by atoms with Crippen LogP contribution in [0.2, 0.25) is 0 Å². The van der Waals surface area contributed by atoms with Gasteiger partial charge >= 0.3 is 0 Å². The molecule has 0 amide bonds. The Balaban J connectivity index is 0.00000256. The molecule has 7 heteroatoms. The van der Waals surface area contributed by atoms with E-state index in [-0.39, 0.29) is 23.9 Å². The maximum Gasteiger partial charge on any atom is 0.151 e. The summed E-state index contributed by atoms with van der Waals surface area (Å²) >= 11 is 0. The third-order valence-corrected chi connectivity index (χ3v) is 4.32. The smallest absolute Gasteiger partial charge is 0.151 e. The molecule has 0 fully saturated rings. The van der Waals surface area contributed by atoms with Gasteiger partial charge in [0.1, 0.15) is 0 Å². The maximum atomic E-state index is 11.2. The third-order valence-electron chi connectivity index (χ3n) is 2.61. The van der Waals surface area contributed by atoms with Crippen molar-refractivity contribution < 1.29 is 8.42 Å². The highest BCUT2D eigenvalue weighted by molar-refractivity contribution is 7.91. The Kier molecular flexibility index (Phi) is 6.74. The van der Waals surface area contributed by atoms with Crippen molar-refractivity contribution in [2.45, 2.75) is 27.3 Å². The molecule has 0 aliphatic rings. The molecule has 17 heavy (non-hydrogen) atoms. The topological polar surface area (TPSA) is 74.8 Å². The van der Waals surface area contributed by atoms with Gasteiger partial charge in [0, 0.05) is 30.1 Å². The molecule has 0 aliphatic carbocycles. The molecule has 0 saturated carbocycles. The van der Waals surface area contributed by atoms with Gasteiger partial charge in [0.05, 0.1) is 11.4 Å². The third kappa shape index (κ3) is 5.06. The number of sulfone groups is 1. The first-order valence-corrected chi connectivity index (χ1v) is 7.20. The summed E-state index contributed by atoms with van der Waals surface area (Å²) in [7, 11) is -2.87. The van der Waals surface area contributed by atoms with E-state index < -0.39 is 9.84 Å². The van der Waals surface area contributed by atoms with Gasteiger partial charge in [0.15, 0.2) is 9.84 Å². The number of aryl methyl sites for hydroxylation is 2. The van der Waals surface area contributed by atoms with Crippen molar-refractivity contribution in [3.05, 3.63) is 17.0 Å². The first kappa shape index (κ1) is 16.4. The maximum absolute atomic E-state index is 11.2. The van der Waals surface area contributed by atoms with Crippen LogP contribution in [-0.4, -0.2) is 36.7 Å². The van der Waals surface area contributed by atoms with E-state index in [1.807, 2.05) is 13.8 Å². The number of aromatic nitrogens is 2. The van der Waals surface area contributed by atoms with Gasteiger partial charge in [-0.2, -0.15) is 5.10 Å². The second-order valence-corrected chi connectivity index (χ2v) is 6.30. The lowest BCUT2D eigenvalue weighted by molar-refractivity contribution is 0.591. The van der Waals surface area contributed by atoms with Crippen molar-refractivity contribution in [2.24, 2.45) is 0 Å². The summed E-state index contributed by atoms with van der Waals surface area (Å²) < 4.78 is 22.5. The first-order valence-electron chi connectivity index (χ1n) is 5.38. The predicted molar refractivity (Wildman–Crippen MR) is 71.3 cm³/mol. The van der Waals surface area contributed by atoms with Crippen LogP contribution in [0.1, 0.15) is 23.9 Å². The van der Waals surface area contributed by atoms with Crippen LogP contribution in [0.5, 0.6) is 0 Å². The van der Waals surface area contributed by atoms with E-state index in [1.54, 1.807) is 6.92 Å². The molecule has 2 N–H and O–H groups in total. The zero-order valence-corrected chi connectivity index (χ0v) is 12.0. The summed E-state index contributed by atoms with van der Waals surface area (Å²) in [5.41, 5.74) is 3.11. The van der Waals surface area contributed by atoms with Gasteiger partial charge in [0.2, 0.25) is 0 Å². The average Bonchev–Trinajstić information content (AvgIpc) is 2.55. The summed E-state index contributed by atoms with van der Waals surface area (Å²) in [5.74, 6) is 0.401. The number of hydrogen-bond donors (Lipinski definition) is 2. The largest absolute Gasteiger partial charge is 0.312 e. The molecule has 0 atom stereocenters. The number of halogens is 1. The van der Waals surface area contributed by atoms with E-state index >= 15 is 0 Å². The lowest BCUT2D eigenvalue weighted by atomic mass is 10.2. The minimum Gasteiger partial charge on any atom is -0.312 e. The van der Waals surface area contributed by atoms with Crippen molar-refractivity contribution in [2.75, 3.05) is 18.1 Å². The van der Waals surface area contributed by atoms with Crippen molar-refractivity contribution >= 4 is 22.2 Å². The summed E-state index contributed by atoms with van der Waals surface area (Å²) in [6.07, 6.45) is 0. The fraction of sp³-hybridized carbons (Fsp3) is 0.700. The van der Waals surface area contributed by atoms with Crippen LogP contribution in [0.4, 0.5) is 0 Å². The SMILES string of the molecule is CCS(=O)(=O)CCNCc1c(C)n[nH]c1C.Cl. The molecular weight excluding hydrogens is 262 g/mol. The highest BCUT2D eigenvalue weighted by Gasteiger charge is 2.08. The molecule has 100 valence electrons. The van der Waals surface area contributed by atoms with Crippen molar-refractivity contribution in [1.29, 1.82) is 0 Å². The quantitative estimate of drug-likeness (QED) is 0.762. The number of rotatable bonds is 6. The standard InChI is InChI=1S/C10H19N3O2S.ClH/c1-4-16(14,15)6-5-11-7-10-8(2)12-13-9(10)3;/h11H,4-7H2,1-3H3,(H,12,13);1H. The molecular formula is C10H20ClN3O2S. The molecule has 0 unspecified atom stereocenters. The number of nitrogens with zero attached hydrogens (tertiary/aromatic N) is 1. The molecule has 0 saturated heterocycles. The molecule has 1 aromatic rings. The Labute approximate surface area is 109 Å². The van der Waals surface area contributed by atoms with E-state index in [0.717, 1.165) is 17.0 Å². The molecule has 1 rings (SSSR count). The number of nitrogens with one attached hydrogen (secondary N) is 2. The zero-order chi connectivity index (χ0) is 12.2. The van der Waals surface area contributed by atoms with E-state index in [0.29, 0.717) is 13.1 Å². The van der Waals surface area contributed by atoms with Crippen molar-refractivity contribution in [1.82, 2.24) is 15.5 Å². The normalized spacial score (nSPS) is 11.2. The first-order chi connectivity index (χ1) is 7.46. The Hall–Kier alpha value is -0.590. The molecule has 0 bridgehead atoms. The van der Waals surface area contributed by atoms with Gasteiger partial charge < -0.3 is 5.32 Å². The minimum absolute atomic E-state index is 0. The van der Waals surface area contributed by atoms with E-state index in [2.05, 4.69) is 15.5 Å². The summed E-state index contributed by atoms with van der Waals surface area (Å²) in [6, 6.07) is 0. The van der Waals surface area contributed by atoms with E-state index in [1.165, 1.54) is 0 Å². The van der Waals surface area contributed by atoms with Gasteiger partial charge in [-0.05, 0) is 13.8 Å². The summed E-state index contributed by atoms with van der Waals surface area (Å²) in [6.45, 7) is 6.70. The number of H-pyrrole nitrogens is 1. The number of aromatic amines is 1. The van der Waals surface area contributed by atoms with E-state index in [9.17, 15) is 8.42 Å². The second kappa shape index (κ2) is 6.98. The van der Waals surface area contributed by atoms with Crippen LogP contribution in [0.3, 0.4) is 0 Å². The van der Waals surface area contributed by atoms with Crippen LogP contribution in [0.25, 0.3) is 0 Å². The lowest BCUT2D eigenvalue weighted by Crippen LogP contribution is -2.23. The molecule has 0 spiro atoms. The van der Waals surface area contributed by atoms with Crippen molar-refractivity contribution in [3.8, 4) is 0 Å². The predicted octanol–water partition coefficient (Wildman–Crippen LogP) is 0.973. The van der Waals surface area contributed by atoms with Gasteiger partial charge in [-0.25, -0.2) is 8.42 Å². The second-order valence-electron chi connectivity index (χ2n) is 3.83. The van der Waals surface area contributed by atoms with Gasteiger partial charge in [0.25, 0.3) is 0 Å². The van der Waals surface area contributed by atoms with Crippen LogP contribution < -0.4 is 5.32 Å². The Morgan fingerprint density at radius 1 is 1.35 bits per heavy atom. The van der Waals surface area contributed by atoms with Crippen LogP contribution in [0.15, 0.2) is 0 Å². The van der Waals surface area contributed by atoms with Crippen molar-refractivity contribution in [3.63, 3.8) is 0 Å². The highest BCUT2D eigenvalue weighted by atomic mass is 35.5. The average molecular weight is 282 g/mol.